The van der Waals surface area contributed by atoms with Crippen molar-refractivity contribution in [3.8, 4) is 0 Å². The molecule has 3 rings (SSSR count). The number of fused-ring (bicyclic) bond motifs is 1. The van der Waals surface area contributed by atoms with E-state index in [1.54, 1.807) is 4.90 Å². The Morgan fingerprint density at radius 1 is 1.00 bits per heavy atom. The first-order valence-corrected chi connectivity index (χ1v) is 7.94. The number of carbonyl (C=O) groups excluding carboxylic acids is 2. The van der Waals surface area contributed by atoms with Gasteiger partial charge in [-0.2, -0.15) is 0 Å². The van der Waals surface area contributed by atoms with Crippen LogP contribution >= 0.6 is 0 Å². The standard InChI is InChI=1S/C19H20N2O3/c20-17(10-18(22)24-13-14-6-2-1-3-7-14)19(23)21-11-15-8-4-5-9-16(15)12-21/h1-9,17H,10-13,20H2/t17-/m1/s1. The first kappa shape index (κ1) is 16.2. The van der Waals surface area contributed by atoms with Crippen LogP contribution in [0.5, 0.6) is 0 Å². The van der Waals surface area contributed by atoms with Crippen LogP contribution < -0.4 is 5.73 Å². The molecule has 5 heteroatoms. The predicted octanol–water partition coefficient (Wildman–Crippen LogP) is 1.99. The lowest BCUT2D eigenvalue weighted by Gasteiger charge is -2.19. The summed E-state index contributed by atoms with van der Waals surface area (Å²) >= 11 is 0. The second-order valence-electron chi connectivity index (χ2n) is 5.92. The van der Waals surface area contributed by atoms with Crippen LogP contribution in [0.2, 0.25) is 0 Å². The SMILES string of the molecule is N[C@H](CC(=O)OCc1ccccc1)C(=O)N1Cc2ccccc2C1. The summed E-state index contributed by atoms with van der Waals surface area (Å²) in [6.07, 6.45) is -0.113. The van der Waals surface area contributed by atoms with Gasteiger partial charge in [0.25, 0.3) is 0 Å². The van der Waals surface area contributed by atoms with Gasteiger partial charge in [0.05, 0.1) is 12.5 Å². The normalized spacial score (nSPS) is 14.1. The minimum Gasteiger partial charge on any atom is -0.461 e. The lowest BCUT2D eigenvalue weighted by atomic mass is 10.1. The van der Waals surface area contributed by atoms with E-state index in [9.17, 15) is 9.59 Å². The van der Waals surface area contributed by atoms with Crippen LogP contribution in [0.4, 0.5) is 0 Å². The maximum atomic E-state index is 12.4. The number of benzene rings is 2. The fourth-order valence-electron chi connectivity index (χ4n) is 2.79. The highest BCUT2D eigenvalue weighted by Crippen LogP contribution is 2.22. The van der Waals surface area contributed by atoms with Gasteiger partial charge in [-0.15, -0.1) is 0 Å². The largest absolute Gasteiger partial charge is 0.461 e. The van der Waals surface area contributed by atoms with Gasteiger partial charge in [0.2, 0.25) is 5.91 Å². The molecule has 1 atom stereocenters. The average molecular weight is 324 g/mol. The Bertz CT molecular complexity index is 705. The molecule has 0 saturated carbocycles. The van der Waals surface area contributed by atoms with Crippen LogP contribution in [0.1, 0.15) is 23.1 Å². The van der Waals surface area contributed by atoms with Crippen LogP contribution in [0, 0.1) is 0 Å². The highest BCUT2D eigenvalue weighted by molar-refractivity contribution is 5.86. The maximum absolute atomic E-state index is 12.4. The molecule has 2 N–H and O–H groups in total. The van der Waals surface area contributed by atoms with Crippen LogP contribution in [0.3, 0.4) is 0 Å². The maximum Gasteiger partial charge on any atom is 0.308 e. The molecule has 1 aliphatic rings. The third-order valence-corrected chi connectivity index (χ3v) is 4.10. The summed E-state index contributed by atoms with van der Waals surface area (Å²) in [7, 11) is 0. The van der Waals surface area contributed by atoms with E-state index >= 15 is 0 Å². The zero-order valence-corrected chi connectivity index (χ0v) is 13.4. The Hall–Kier alpha value is -2.66. The molecule has 1 amide bonds. The van der Waals surface area contributed by atoms with Crippen molar-refractivity contribution in [3.63, 3.8) is 0 Å². The molecule has 124 valence electrons. The molecule has 5 nitrogen and oxygen atoms in total. The summed E-state index contributed by atoms with van der Waals surface area (Å²) in [4.78, 5) is 26.0. The first-order chi connectivity index (χ1) is 11.6. The molecule has 0 radical (unpaired) electrons. The van der Waals surface area contributed by atoms with Gasteiger partial charge in [0, 0.05) is 13.1 Å². The highest BCUT2D eigenvalue weighted by atomic mass is 16.5. The van der Waals surface area contributed by atoms with E-state index in [2.05, 4.69) is 0 Å². The smallest absolute Gasteiger partial charge is 0.308 e. The number of nitrogens with zero attached hydrogens (tertiary/aromatic N) is 1. The van der Waals surface area contributed by atoms with E-state index in [1.165, 1.54) is 0 Å². The van der Waals surface area contributed by atoms with Crippen molar-refractivity contribution >= 4 is 11.9 Å². The fraction of sp³-hybridized carbons (Fsp3) is 0.263. The van der Waals surface area contributed by atoms with Crippen molar-refractivity contribution in [1.82, 2.24) is 4.90 Å². The van der Waals surface area contributed by atoms with Crippen LogP contribution in [0.15, 0.2) is 54.6 Å². The number of esters is 1. The highest BCUT2D eigenvalue weighted by Gasteiger charge is 2.28. The van der Waals surface area contributed by atoms with Crippen molar-refractivity contribution < 1.29 is 14.3 Å². The van der Waals surface area contributed by atoms with Gasteiger partial charge >= 0.3 is 5.97 Å². The summed E-state index contributed by atoms with van der Waals surface area (Å²) in [5, 5.41) is 0. The molecule has 0 bridgehead atoms. The van der Waals surface area contributed by atoms with Gasteiger partial charge < -0.3 is 15.4 Å². The number of hydrogen-bond acceptors (Lipinski definition) is 4. The summed E-state index contributed by atoms with van der Waals surface area (Å²) in [6, 6.07) is 16.4. The summed E-state index contributed by atoms with van der Waals surface area (Å²) in [5.74, 6) is -0.681. The predicted molar refractivity (Wildman–Crippen MR) is 89.5 cm³/mol. The number of hydrogen-bond donors (Lipinski definition) is 1. The number of rotatable bonds is 5. The Morgan fingerprint density at radius 2 is 1.58 bits per heavy atom. The van der Waals surface area contributed by atoms with Crippen LogP contribution in [-0.2, 0) is 34.0 Å². The van der Waals surface area contributed by atoms with Crippen molar-refractivity contribution in [2.75, 3.05) is 0 Å². The van der Waals surface area contributed by atoms with E-state index in [0.29, 0.717) is 13.1 Å². The van der Waals surface area contributed by atoms with E-state index in [4.69, 9.17) is 10.5 Å². The monoisotopic (exact) mass is 324 g/mol. The number of ether oxygens (including phenoxy) is 1. The van der Waals surface area contributed by atoms with Gasteiger partial charge in [-0.1, -0.05) is 54.6 Å². The van der Waals surface area contributed by atoms with E-state index in [-0.39, 0.29) is 18.9 Å². The van der Waals surface area contributed by atoms with Gasteiger partial charge in [0.1, 0.15) is 6.61 Å². The third-order valence-electron chi connectivity index (χ3n) is 4.10. The van der Waals surface area contributed by atoms with Crippen molar-refractivity contribution in [2.45, 2.75) is 32.2 Å². The molecule has 24 heavy (non-hydrogen) atoms. The van der Waals surface area contributed by atoms with E-state index in [1.807, 2.05) is 54.6 Å². The topological polar surface area (TPSA) is 72.6 Å². The molecule has 0 unspecified atom stereocenters. The molecule has 1 aliphatic heterocycles. The molecule has 2 aromatic carbocycles. The van der Waals surface area contributed by atoms with Crippen LogP contribution in [0.25, 0.3) is 0 Å². The summed E-state index contributed by atoms with van der Waals surface area (Å²) in [6.45, 7) is 1.28. The number of amides is 1. The van der Waals surface area contributed by atoms with Gasteiger partial charge in [0.15, 0.2) is 0 Å². The Kier molecular flexibility index (Phi) is 4.91. The molecule has 0 fully saturated rings. The number of nitrogens with two attached hydrogens (primary N) is 1. The Labute approximate surface area is 141 Å². The third kappa shape index (κ3) is 3.81. The fourth-order valence-corrected chi connectivity index (χ4v) is 2.79. The quantitative estimate of drug-likeness (QED) is 0.854. The zero-order valence-electron chi connectivity index (χ0n) is 13.4. The lowest BCUT2D eigenvalue weighted by Crippen LogP contribution is -2.42. The van der Waals surface area contributed by atoms with Gasteiger partial charge in [-0.25, -0.2) is 0 Å². The van der Waals surface area contributed by atoms with E-state index < -0.39 is 12.0 Å². The molecule has 0 spiro atoms. The summed E-state index contributed by atoms with van der Waals surface area (Å²) < 4.78 is 5.18. The van der Waals surface area contributed by atoms with Crippen molar-refractivity contribution in [1.29, 1.82) is 0 Å². The molecule has 0 aromatic heterocycles. The average Bonchev–Trinajstić information content (AvgIpc) is 3.04. The van der Waals surface area contributed by atoms with Gasteiger partial charge in [-0.05, 0) is 16.7 Å². The Balaban J connectivity index is 1.49. The minimum atomic E-state index is -0.873. The molecular weight excluding hydrogens is 304 g/mol. The zero-order chi connectivity index (χ0) is 16.9. The van der Waals surface area contributed by atoms with Crippen LogP contribution in [-0.4, -0.2) is 22.8 Å². The van der Waals surface area contributed by atoms with Crippen molar-refractivity contribution in [3.05, 3.63) is 71.3 Å². The molecule has 2 aromatic rings. The van der Waals surface area contributed by atoms with Gasteiger partial charge in [-0.3, -0.25) is 9.59 Å². The second-order valence-corrected chi connectivity index (χ2v) is 5.92. The summed E-state index contributed by atoms with van der Waals surface area (Å²) in [5.41, 5.74) is 9.07. The second kappa shape index (κ2) is 7.27. The molecule has 0 saturated heterocycles. The number of carbonyl (C=O) groups is 2. The molecule has 1 heterocycles. The van der Waals surface area contributed by atoms with E-state index in [0.717, 1.165) is 16.7 Å². The molecule has 0 aliphatic carbocycles. The molecular formula is C19H20N2O3. The lowest BCUT2D eigenvalue weighted by molar-refractivity contribution is -0.148. The Morgan fingerprint density at radius 3 is 2.21 bits per heavy atom. The van der Waals surface area contributed by atoms with Crippen molar-refractivity contribution in [2.24, 2.45) is 5.73 Å². The minimum absolute atomic E-state index is 0.113. The first-order valence-electron chi connectivity index (χ1n) is 7.94.